The van der Waals surface area contributed by atoms with E-state index in [9.17, 15) is 9.50 Å². The molecule has 2 aromatic rings. The van der Waals surface area contributed by atoms with Crippen molar-refractivity contribution in [3.05, 3.63) is 29.8 Å². The first-order valence-electron chi connectivity index (χ1n) is 4.24. The van der Waals surface area contributed by atoms with E-state index in [1.54, 1.807) is 6.07 Å². The number of rotatable bonds is 2. The molecule has 0 fully saturated rings. The first-order valence-corrected chi connectivity index (χ1v) is 4.24. The largest absolute Gasteiger partial charge is 0.384 e. The second-order valence-corrected chi connectivity index (χ2v) is 3.04. The maximum Gasteiger partial charge on any atom is 0.137 e. The lowest BCUT2D eigenvalue weighted by atomic mass is 10.3. The summed E-state index contributed by atoms with van der Waals surface area (Å²) in [5.74, 6) is 0.0306. The summed E-state index contributed by atoms with van der Waals surface area (Å²) < 4.78 is 12.8. The van der Waals surface area contributed by atoms with E-state index < -0.39 is 6.10 Å². The summed E-state index contributed by atoms with van der Waals surface area (Å²) in [6.45, 7) is 0.0856. The lowest BCUT2D eigenvalue weighted by Crippen LogP contribution is -2.12. The number of hydrogen-bond donors (Lipinski definition) is 3. The van der Waals surface area contributed by atoms with Gasteiger partial charge in [-0.25, -0.2) is 9.37 Å². The Morgan fingerprint density at radius 3 is 3.07 bits per heavy atom. The van der Waals surface area contributed by atoms with Crippen LogP contribution in [0.2, 0.25) is 0 Å². The molecule has 1 atom stereocenters. The number of fused-ring (bicyclic) bond motifs is 1. The summed E-state index contributed by atoms with van der Waals surface area (Å²) in [5.41, 5.74) is 6.45. The molecular weight excluding hydrogens is 185 g/mol. The number of aromatic amines is 1. The molecule has 0 bridgehead atoms. The van der Waals surface area contributed by atoms with Crippen molar-refractivity contribution in [3.8, 4) is 0 Å². The fraction of sp³-hybridized carbons (Fsp3) is 0.222. The highest BCUT2D eigenvalue weighted by atomic mass is 19.1. The highest BCUT2D eigenvalue weighted by molar-refractivity contribution is 5.74. The summed E-state index contributed by atoms with van der Waals surface area (Å²) in [6, 6.07) is 4.20. The van der Waals surface area contributed by atoms with Crippen LogP contribution in [0.4, 0.5) is 4.39 Å². The Hall–Kier alpha value is -1.46. The fourth-order valence-corrected chi connectivity index (χ4v) is 1.27. The van der Waals surface area contributed by atoms with Gasteiger partial charge in [0.05, 0.1) is 11.0 Å². The Morgan fingerprint density at radius 2 is 2.36 bits per heavy atom. The van der Waals surface area contributed by atoms with Gasteiger partial charge < -0.3 is 15.8 Å². The molecule has 0 aliphatic rings. The quantitative estimate of drug-likeness (QED) is 0.660. The average Bonchev–Trinajstić information content (AvgIpc) is 2.59. The topological polar surface area (TPSA) is 74.9 Å². The van der Waals surface area contributed by atoms with Crippen LogP contribution in [-0.4, -0.2) is 21.6 Å². The van der Waals surface area contributed by atoms with Gasteiger partial charge in [0.15, 0.2) is 0 Å². The smallest absolute Gasteiger partial charge is 0.137 e. The number of H-pyrrole nitrogens is 1. The molecule has 0 aliphatic carbocycles. The molecule has 74 valence electrons. The summed E-state index contributed by atoms with van der Waals surface area (Å²) in [7, 11) is 0. The number of aliphatic hydroxyl groups excluding tert-OH is 1. The van der Waals surface area contributed by atoms with Crippen molar-refractivity contribution in [3.63, 3.8) is 0 Å². The minimum Gasteiger partial charge on any atom is -0.384 e. The van der Waals surface area contributed by atoms with E-state index in [-0.39, 0.29) is 12.4 Å². The van der Waals surface area contributed by atoms with Gasteiger partial charge in [-0.3, -0.25) is 0 Å². The van der Waals surface area contributed by atoms with Gasteiger partial charge in [0.25, 0.3) is 0 Å². The van der Waals surface area contributed by atoms with Gasteiger partial charge in [0, 0.05) is 6.54 Å². The van der Waals surface area contributed by atoms with E-state index in [2.05, 4.69) is 9.97 Å². The zero-order valence-corrected chi connectivity index (χ0v) is 7.37. The number of nitrogens with two attached hydrogens (primary N) is 1. The highest BCUT2D eigenvalue weighted by Crippen LogP contribution is 2.16. The van der Waals surface area contributed by atoms with Gasteiger partial charge >= 0.3 is 0 Å². The summed E-state index contributed by atoms with van der Waals surface area (Å²) >= 11 is 0. The van der Waals surface area contributed by atoms with Crippen molar-refractivity contribution < 1.29 is 9.50 Å². The minimum atomic E-state index is -0.828. The van der Waals surface area contributed by atoms with Crippen molar-refractivity contribution >= 4 is 11.0 Å². The molecule has 1 heterocycles. The van der Waals surface area contributed by atoms with Gasteiger partial charge in [-0.15, -0.1) is 0 Å². The lowest BCUT2D eigenvalue weighted by Gasteiger charge is -2.00. The highest BCUT2D eigenvalue weighted by Gasteiger charge is 2.10. The summed E-state index contributed by atoms with van der Waals surface area (Å²) in [6.07, 6.45) is -0.828. The van der Waals surface area contributed by atoms with Crippen LogP contribution in [0.25, 0.3) is 11.0 Å². The van der Waals surface area contributed by atoms with Crippen LogP contribution in [0.15, 0.2) is 18.2 Å². The normalized spacial score (nSPS) is 13.4. The van der Waals surface area contributed by atoms with Crippen LogP contribution in [0, 0.1) is 5.82 Å². The van der Waals surface area contributed by atoms with Crippen LogP contribution in [0.5, 0.6) is 0 Å². The van der Waals surface area contributed by atoms with Crippen molar-refractivity contribution in [2.75, 3.05) is 6.54 Å². The van der Waals surface area contributed by atoms with E-state index >= 15 is 0 Å². The number of nitrogens with zero attached hydrogens (tertiary/aromatic N) is 1. The Labute approximate surface area is 79.6 Å². The Bertz CT molecular complexity index is 454. The maximum atomic E-state index is 12.8. The average molecular weight is 195 g/mol. The third kappa shape index (κ3) is 1.47. The molecule has 0 aliphatic heterocycles. The van der Waals surface area contributed by atoms with Crippen molar-refractivity contribution in [1.82, 2.24) is 9.97 Å². The first kappa shape index (κ1) is 9.11. The van der Waals surface area contributed by atoms with E-state index in [0.717, 1.165) is 0 Å². The Kier molecular flexibility index (Phi) is 2.18. The summed E-state index contributed by atoms with van der Waals surface area (Å²) in [5, 5.41) is 9.39. The Morgan fingerprint density at radius 1 is 1.57 bits per heavy atom. The van der Waals surface area contributed by atoms with Crippen LogP contribution >= 0.6 is 0 Å². The van der Waals surface area contributed by atoms with Crippen LogP contribution in [0.3, 0.4) is 0 Å². The molecule has 4 N–H and O–H groups in total. The van der Waals surface area contributed by atoms with Gasteiger partial charge in [0.2, 0.25) is 0 Å². The Balaban J connectivity index is 2.51. The second kappa shape index (κ2) is 3.36. The van der Waals surface area contributed by atoms with E-state index in [0.29, 0.717) is 16.9 Å². The molecule has 1 aromatic carbocycles. The molecule has 2 rings (SSSR count). The minimum absolute atomic E-state index is 0.0856. The van der Waals surface area contributed by atoms with Crippen LogP contribution in [-0.2, 0) is 0 Å². The number of nitrogens with one attached hydrogen (secondary N) is 1. The number of imidazole rings is 1. The molecule has 4 nitrogen and oxygen atoms in total. The molecule has 0 radical (unpaired) electrons. The van der Waals surface area contributed by atoms with Gasteiger partial charge in [-0.1, -0.05) is 0 Å². The SMILES string of the molecule is NCC(O)c1nc2ccc(F)cc2[nH]1. The predicted molar refractivity (Wildman–Crippen MR) is 50.1 cm³/mol. The van der Waals surface area contributed by atoms with Gasteiger partial charge in [-0.05, 0) is 18.2 Å². The molecule has 1 aromatic heterocycles. The van der Waals surface area contributed by atoms with Crippen molar-refractivity contribution in [1.29, 1.82) is 0 Å². The van der Waals surface area contributed by atoms with E-state index in [1.165, 1.54) is 12.1 Å². The number of benzene rings is 1. The van der Waals surface area contributed by atoms with Crippen molar-refractivity contribution in [2.45, 2.75) is 6.10 Å². The number of halogens is 1. The molecule has 1 unspecified atom stereocenters. The predicted octanol–water partition coefficient (Wildman–Crippen LogP) is 0.694. The van der Waals surface area contributed by atoms with Crippen molar-refractivity contribution in [2.24, 2.45) is 5.73 Å². The molecular formula is C9H10FN3O. The van der Waals surface area contributed by atoms with E-state index in [1.807, 2.05) is 0 Å². The standard InChI is InChI=1S/C9H10FN3O/c10-5-1-2-6-7(3-5)13-9(12-6)8(14)4-11/h1-3,8,14H,4,11H2,(H,12,13). The van der Waals surface area contributed by atoms with Gasteiger partial charge in [0.1, 0.15) is 17.7 Å². The third-order valence-electron chi connectivity index (χ3n) is 2.00. The third-order valence-corrected chi connectivity index (χ3v) is 2.00. The molecule has 14 heavy (non-hydrogen) atoms. The molecule has 0 spiro atoms. The first-order chi connectivity index (χ1) is 6.70. The maximum absolute atomic E-state index is 12.8. The van der Waals surface area contributed by atoms with Crippen LogP contribution in [0.1, 0.15) is 11.9 Å². The molecule has 5 heteroatoms. The summed E-state index contributed by atoms with van der Waals surface area (Å²) in [4.78, 5) is 6.88. The zero-order valence-electron chi connectivity index (χ0n) is 7.37. The molecule has 0 saturated carbocycles. The van der Waals surface area contributed by atoms with E-state index in [4.69, 9.17) is 5.73 Å². The zero-order chi connectivity index (χ0) is 10.1. The molecule has 0 saturated heterocycles. The molecule has 0 amide bonds. The second-order valence-electron chi connectivity index (χ2n) is 3.04. The fourth-order valence-electron chi connectivity index (χ4n) is 1.27. The number of aromatic nitrogens is 2. The monoisotopic (exact) mass is 195 g/mol. The van der Waals surface area contributed by atoms with Gasteiger partial charge in [-0.2, -0.15) is 0 Å². The lowest BCUT2D eigenvalue weighted by molar-refractivity contribution is 0.178. The number of aliphatic hydroxyl groups is 1. The number of hydrogen-bond acceptors (Lipinski definition) is 3. The van der Waals surface area contributed by atoms with Crippen LogP contribution < -0.4 is 5.73 Å².